The molecule has 0 aromatic rings. The van der Waals surface area contributed by atoms with E-state index in [4.69, 9.17) is 4.74 Å². The summed E-state index contributed by atoms with van der Waals surface area (Å²) < 4.78 is 5.41. The molecule has 0 heterocycles. The number of carbonyl (C=O) groups is 3. The van der Waals surface area contributed by atoms with E-state index in [1.54, 1.807) is 0 Å². The number of hydrogen-bond acceptors (Lipinski definition) is 4. The van der Waals surface area contributed by atoms with Crippen LogP contribution in [0.5, 0.6) is 0 Å². The number of hydrogen-bond donors (Lipinski definition) is 2. The van der Waals surface area contributed by atoms with E-state index in [2.05, 4.69) is 31.4 Å². The number of unbranched alkanes of at least 4 members (excludes halogenated alkanes) is 1. The van der Waals surface area contributed by atoms with Crippen molar-refractivity contribution in [3.05, 3.63) is 0 Å². The molecule has 0 aromatic carbocycles. The quantitative estimate of drug-likeness (QED) is 0.363. The Labute approximate surface area is 146 Å². The van der Waals surface area contributed by atoms with Crippen molar-refractivity contribution in [1.82, 2.24) is 10.6 Å². The normalized spacial score (nSPS) is 13.8. The number of amides is 2. The molecule has 0 aliphatic heterocycles. The van der Waals surface area contributed by atoms with E-state index in [0.717, 1.165) is 12.8 Å². The van der Waals surface area contributed by atoms with Gasteiger partial charge in [0.2, 0.25) is 11.8 Å². The van der Waals surface area contributed by atoms with Crippen molar-refractivity contribution < 1.29 is 19.1 Å². The molecular weight excluding hydrogens is 308 g/mol. The Hall–Kier alpha value is -1.59. The molecular formula is C18H34N2O4. The molecule has 1 unspecified atom stereocenters. The Bertz CT molecular complexity index is 429. The van der Waals surface area contributed by atoms with Gasteiger partial charge in [0.05, 0.1) is 18.7 Å². The van der Waals surface area contributed by atoms with Gasteiger partial charge in [-0.1, -0.05) is 34.1 Å². The highest BCUT2D eigenvalue weighted by Gasteiger charge is 2.38. The Morgan fingerprint density at radius 1 is 1.04 bits per heavy atom. The van der Waals surface area contributed by atoms with Gasteiger partial charge in [-0.05, 0) is 31.6 Å². The molecule has 24 heavy (non-hydrogen) atoms. The lowest BCUT2D eigenvalue weighted by atomic mass is 9.72. The third kappa shape index (κ3) is 10.2. The van der Waals surface area contributed by atoms with Crippen LogP contribution in [0.3, 0.4) is 0 Å². The molecule has 6 heteroatoms. The Morgan fingerprint density at radius 3 is 2.17 bits per heavy atom. The first kappa shape index (κ1) is 22.4. The lowest BCUT2D eigenvalue weighted by molar-refractivity contribution is -0.157. The minimum Gasteiger partial charge on any atom is -0.465 e. The summed E-state index contributed by atoms with van der Waals surface area (Å²) in [6.07, 6.45) is 3.09. The fourth-order valence-corrected chi connectivity index (χ4v) is 2.66. The molecule has 140 valence electrons. The molecule has 0 aliphatic carbocycles. The Balaban J connectivity index is 4.67. The fraction of sp³-hybridized carbons (Fsp3) is 0.833. The maximum absolute atomic E-state index is 12.5. The van der Waals surface area contributed by atoms with E-state index < -0.39 is 5.41 Å². The Morgan fingerprint density at radius 2 is 1.67 bits per heavy atom. The SMILES string of the molecule is CCCCOC(=O)C(C)(CCC(=O)NCNC(C)=O)CC(C)(C)C. The molecule has 0 saturated carbocycles. The Kier molecular flexibility index (Phi) is 9.63. The summed E-state index contributed by atoms with van der Waals surface area (Å²) in [7, 11) is 0. The molecule has 0 aromatic heterocycles. The van der Waals surface area contributed by atoms with Gasteiger partial charge in [-0.3, -0.25) is 14.4 Å². The van der Waals surface area contributed by atoms with Crippen LogP contribution in [0.4, 0.5) is 0 Å². The van der Waals surface area contributed by atoms with Crippen molar-refractivity contribution in [2.24, 2.45) is 10.8 Å². The summed E-state index contributed by atoms with van der Waals surface area (Å²) in [6, 6.07) is 0. The lowest BCUT2D eigenvalue weighted by Gasteiger charge is -2.33. The van der Waals surface area contributed by atoms with Gasteiger partial charge in [0.15, 0.2) is 0 Å². The van der Waals surface area contributed by atoms with Crippen LogP contribution in [0, 0.1) is 10.8 Å². The predicted molar refractivity (Wildman–Crippen MR) is 94.1 cm³/mol. The van der Waals surface area contributed by atoms with Gasteiger partial charge in [0, 0.05) is 13.3 Å². The monoisotopic (exact) mass is 342 g/mol. The second kappa shape index (κ2) is 10.3. The summed E-state index contributed by atoms with van der Waals surface area (Å²) in [5.41, 5.74) is -0.747. The van der Waals surface area contributed by atoms with E-state index >= 15 is 0 Å². The van der Waals surface area contributed by atoms with Crippen LogP contribution in [-0.4, -0.2) is 31.1 Å². The fourth-order valence-electron chi connectivity index (χ4n) is 2.66. The third-order valence-electron chi connectivity index (χ3n) is 3.67. The highest BCUT2D eigenvalue weighted by Crippen LogP contribution is 2.38. The van der Waals surface area contributed by atoms with E-state index in [0.29, 0.717) is 19.4 Å². The molecule has 0 rings (SSSR count). The van der Waals surface area contributed by atoms with Crippen molar-refractivity contribution in [2.45, 2.75) is 73.6 Å². The van der Waals surface area contributed by atoms with Gasteiger partial charge >= 0.3 is 5.97 Å². The van der Waals surface area contributed by atoms with Gasteiger partial charge in [0.1, 0.15) is 0 Å². The van der Waals surface area contributed by atoms with E-state index in [9.17, 15) is 14.4 Å². The van der Waals surface area contributed by atoms with Crippen LogP contribution < -0.4 is 10.6 Å². The second-order valence-corrected chi connectivity index (χ2v) is 7.80. The second-order valence-electron chi connectivity index (χ2n) is 7.80. The standard InChI is InChI=1S/C18H34N2O4/c1-7-8-11-24-16(23)18(6,12-17(3,4)5)10-9-15(22)20-13-19-14(2)21/h7-13H2,1-6H3,(H,19,21)(H,20,22). The number of esters is 1. The van der Waals surface area contributed by atoms with Crippen LogP contribution in [-0.2, 0) is 19.1 Å². The molecule has 0 saturated heterocycles. The first-order valence-electron chi connectivity index (χ1n) is 8.68. The first-order valence-corrected chi connectivity index (χ1v) is 8.68. The van der Waals surface area contributed by atoms with E-state index in [1.165, 1.54) is 6.92 Å². The minimum absolute atomic E-state index is 0.0504. The van der Waals surface area contributed by atoms with Crippen molar-refractivity contribution in [2.75, 3.05) is 13.3 Å². The van der Waals surface area contributed by atoms with Crippen molar-refractivity contribution >= 4 is 17.8 Å². The molecule has 0 radical (unpaired) electrons. The van der Waals surface area contributed by atoms with Crippen LogP contribution in [0.25, 0.3) is 0 Å². The highest BCUT2D eigenvalue weighted by molar-refractivity contribution is 5.80. The molecule has 2 amide bonds. The largest absolute Gasteiger partial charge is 0.465 e. The number of rotatable bonds is 10. The zero-order valence-electron chi connectivity index (χ0n) is 16.1. The molecule has 6 nitrogen and oxygen atoms in total. The van der Waals surface area contributed by atoms with Gasteiger partial charge in [-0.15, -0.1) is 0 Å². The molecule has 1 atom stereocenters. The highest BCUT2D eigenvalue weighted by atomic mass is 16.5. The maximum atomic E-state index is 12.5. The zero-order chi connectivity index (χ0) is 18.8. The number of ether oxygens (including phenoxy) is 1. The summed E-state index contributed by atoms with van der Waals surface area (Å²) in [5, 5.41) is 5.12. The zero-order valence-corrected chi connectivity index (χ0v) is 16.1. The number of carbonyl (C=O) groups excluding carboxylic acids is 3. The average Bonchev–Trinajstić information content (AvgIpc) is 2.43. The van der Waals surface area contributed by atoms with Crippen LogP contribution in [0.2, 0.25) is 0 Å². The summed E-state index contributed by atoms with van der Waals surface area (Å²) in [4.78, 5) is 35.2. The van der Waals surface area contributed by atoms with Gasteiger partial charge in [-0.2, -0.15) is 0 Å². The van der Waals surface area contributed by atoms with Crippen molar-refractivity contribution in [3.63, 3.8) is 0 Å². The summed E-state index contributed by atoms with van der Waals surface area (Å²) in [5.74, 6) is -0.627. The molecule has 0 spiro atoms. The van der Waals surface area contributed by atoms with Gasteiger partial charge in [0.25, 0.3) is 0 Å². The molecule has 0 bridgehead atoms. The average molecular weight is 342 g/mol. The van der Waals surface area contributed by atoms with Gasteiger partial charge in [-0.25, -0.2) is 0 Å². The van der Waals surface area contributed by atoms with Crippen LogP contribution in [0.15, 0.2) is 0 Å². The van der Waals surface area contributed by atoms with Crippen molar-refractivity contribution in [1.29, 1.82) is 0 Å². The molecule has 2 N–H and O–H groups in total. The third-order valence-corrected chi connectivity index (χ3v) is 3.67. The number of nitrogens with one attached hydrogen (secondary N) is 2. The van der Waals surface area contributed by atoms with Crippen LogP contribution >= 0.6 is 0 Å². The minimum atomic E-state index is -0.697. The summed E-state index contributed by atoms with van der Waals surface area (Å²) >= 11 is 0. The predicted octanol–water partition coefficient (Wildman–Crippen LogP) is 2.76. The topological polar surface area (TPSA) is 84.5 Å². The molecule has 0 aliphatic rings. The van der Waals surface area contributed by atoms with Crippen molar-refractivity contribution in [3.8, 4) is 0 Å². The smallest absolute Gasteiger partial charge is 0.311 e. The summed E-state index contributed by atoms with van der Waals surface area (Å²) in [6.45, 7) is 12.0. The lowest BCUT2D eigenvalue weighted by Crippen LogP contribution is -2.38. The first-order chi connectivity index (χ1) is 11.0. The van der Waals surface area contributed by atoms with Gasteiger partial charge < -0.3 is 15.4 Å². The van der Waals surface area contributed by atoms with E-state index in [-0.39, 0.29) is 36.3 Å². The molecule has 0 fully saturated rings. The van der Waals surface area contributed by atoms with E-state index in [1.807, 2.05) is 13.8 Å². The van der Waals surface area contributed by atoms with Crippen LogP contribution in [0.1, 0.15) is 73.6 Å². The maximum Gasteiger partial charge on any atom is 0.311 e.